The van der Waals surface area contributed by atoms with E-state index < -0.39 is 6.61 Å². The summed E-state index contributed by atoms with van der Waals surface area (Å²) >= 11 is 0. The zero-order chi connectivity index (χ0) is 13.1. The number of hydrogen-bond donors (Lipinski definition) is 1. The molecule has 0 aliphatic heterocycles. The minimum atomic E-state index is -2.97. The molecule has 0 atom stereocenters. The van der Waals surface area contributed by atoms with Gasteiger partial charge in [-0.3, -0.25) is 9.89 Å². The second kappa shape index (κ2) is 4.95. The van der Waals surface area contributed by atoms with E-state index in [1.807, 2.05) is 6.92 Å². The Balaban J connectivity index is 2.42. The first-order chi connectivity index (χ1) is 8.60. The number of aldehydes is 1. The third kappa shape index (κ3) is 2.53. The van der Waals surface area contributed by atoms with E-state index in [1.165, 1.54) is 12.1 Å². The normalized spacial score (nSPS) is 10.7. The fourth-order valence-corrected chi connectivity index (χ4v) is 1.56. The van der Waals surface area contributed by atoms with Gasteiger partial charge in [-0.2, -0.15) is 13.9 Å². The first-order valence-electron chi connectivity index (χ1n) is 5.16. The van der Waals surface area contributed by atoms with Crippen molar-refractivity contribution in [3.05, 3.63) is 35.5 Å². The molecule has 0 fully saturated rings. The molecular weight excluding hydrogens is 242 g/mol. The molecule has 1 aromatic carbocycles. The average molecular weight is 252 g/mol. The minimum Gasteiger partial charge on any atom is -0.434 e. The van der Waals surface area contributed by atoms with Crippen LogP contribution in [-0.4, -0.2) is 23.1 Å². The molecule has 0 unspecified atom stereocenters. The Morgan fingerprint density at radius 3 is 2.72 bits per heavy atom. The molecule has 1 N–H and O–H groups in total. The fourth-order valence-electron chi connectivity index (χ4n) is 1.56. The number of nitrogens with zero attached hydrogens (tertiary/aromatic N) is 1. The van der Waals surface area contributed by atoms with Gasteiger partial charge in [0, 0.05) is 11.3 Å². The summed E-state index contributed by atoms with van der Waals surface area (Å²) in [6.45, 7) is -1.15. The number of aromatic amines is 1. The van der Waals surface area contributed by atoms with Crippen LogP contribution in [0.15, 0.2) is 24.3 Å². The number of alkyl halides is 2. The number of carbonyl (C=O) groups excluding carboxylic acids is 1. The van der Waals surface area contributed by atoms with Crippen LogP contribution < -0.4 is 4.74 Å². The number of nitrogens with one attached hydrogen (secondary N) is 1. The van der Waals surface area contributed by atoms with Crippen LogP contribution >= 0.6 is 0 Å². The summed E-state index contributed by atoms with van der Waals surface area (Å²) in [6, 6.07) is 6.18. The highest BCUT2D eigenvalue weighted by Gasteiger charge is 2.12. The lowest BCUT2D eigenvalue weighted by Crippen LogP contribution is -2.04. The molecule has 1 heterocycles. The van der Waals surface area contributed by atoms with E-state index in [4.69, 9.17) is 0 Å². The SMILES string of the molecule is Cc1cc(-c2ccc(C=O)c(OC(F)F)c2)n[nH]1. The van der Waals surface area contributed by atoms with Gasteiger partial charge in [-0.1, -0.05) is 6.07 Å². The Kier molecular flexibility index (Phi) is 3.36. The molecule has 0 radical (unpaired) electrons. The highest BCUT2D eigenvalue weighted by atomic mass is 19.3. The van der Waals surface area contributed by atoms with Crippen LogP contribution in [0.1, 0.15) is 16.1 Å². The highest BCUT2D eigenvalue weighted by molar-refractivity contribution is 5.81. The lowest BCUT2D eigenvalue weighted by Gasteiger charge is -2.08. The van der Waals surface area contributed by atoms with E-state index in [0.29, 0.717) is 17.5 Å². The molecule has 2 aromatic rings. The number of ether oxygens (including phenoxy) is 1. The Hall–Kier alpha value is -2.24. The Morgan fingerprint density at radius 1 is 1.39 bits per heavy atom. The molecule has 0 aliphatic rings. The van der Waals surface area contributed by atoms with Crippen LogP contribution in [0.4, 0.5) is 8.78 Å². The first kappa shape index (κ1) is 12.2. The predicted octanol–water partition coefficient (Wildman–Crippen LogP) is 2.80. The topological polar surface area (TPSA) is 55.0 Å². The lowest BCUT2D eigenvalue weighted by molar-refractivity contribution is -0.0500. The zero-order valence-corrected chi connectivity index (χ0v) is 9.48. The standard InChI is InChI=1S/C12H10F2N2O2/c1-7-4-10(16-15-7)8-2-3-9(6-17)11(5-8)18-12(13)14/h2-6,12H,1H3,(H,15,16). The molecule has 0 aliphatic carbocycles. The van der Waals surface area contributed by atoms with Gasteiger partial charge in [0.1, 0.15) is 5.75 Å². The molecule has 2 rings (SSSR count). The molecule has 94 valence electrons. The molecule has 1 aromatic heterocycles. The van der Waals surface area contributed by atoms with Gasteiger partial charge in [0.15, 0.2) is 6.29 Å². The molecule has 0 saturated heterocycles. The number of aryl methyl sites for hydroxylation is 1. The zero-order valence-electron chi connectivity index (χ0n) is 9.48. The van der Waals surface area contributed by atoms with E-state index >= 15 is 0 Å². The number of aromatic nitrogens is 2. The van der Waals surface area contributed by atoms with Crippen LogP contribution in [0, 0.1) is 6.92 Å². The van der Waals surface area contributed by atoms with E-state index in [0.717, 1.165) is 5.69 Å². The molecule has 0 spiro atoms. The lowest BCUT2D eigenvalue weighted by atomic mass is 10.1. The second-order valence-corrected chi connectivity index (χ2v) is 3.69. The average Bonchev–Trinajstić information content (AvgIpc) is 2.75. The van der Waals surface area contributed by atoms with Crippen LogP contribution in [0.3, 0.4) is 0 Å². The summed E-state index contributed by atoms with van der Waals surface area (Å²) in [4.78, 5) is 10.7. The van der Waals surface area contributed by atoms with Gasteiger partial charge < -0.3 is 4.74 Å². The Labute approximate surface area is 102 Å². The maximum atomic E-state index is 12.2. The van der Waals surface area contributed by atoms with Crippen LogP contribution in [-0.2, 0) is 0 Å². The maximum Gasteiger partial charge on any atom is 0.387 e. The molecule has 18 heavy (non-hydrogen) atoms. The molecule has 4 nitrogen and oxygen atoms in total. The molecule has 0 amide bonds. The summed E-state index contributed by atoms with van der Waals surface area (Å²) in [5, 5.41) is 6.75. The van der Waals surface area contributed by atoms with Gasteiger partial charge in [-0.25, -0.2) is 0 Å². The number of hydrogen-bond acceptors (Lipinski definition) is 3. The number of halogens is 2. The van der Waals surface area contributed by atoms with Crippen molar-refractivity contribution in [2.24, 2.45) is 0 Å². The van der Waals surface area contributed by atoms with E-state index in [9.17, 15) is 13.6 Å². The largest absolute Gasteiger partial charge is 0.434 e. The third-order valence-corrected chi connectivity index (χ3v) is 2.36. The Bertz CT molecular complexity index is 567. The van der Waals surface area contributed by atoms with Crippen molar-refractivity contribution in [1.82, 2.24) is 10.2 Å². The fraction of sp³-hybridized carbons (Fsp3) is 0.167. The van der Waals surface area contributed by atoms with Crippen LogP contribution in [0.25, 0.3) is 11.3 Å². The van der Waals surface area contributed by atoms with Gasteiger partial charge >= 0.3 is 6.61 Å². The maximum absolute atomic E-state index is 12.2. The summed E-state index contributed by atoms with van der Waals surface area (Å²) in [5.41, 5.74) is 2.12. The Morgan fingerprint density at radius 2 is 2.17 bits per heavy atom. The molecule has 0 saturated carbocycles. The van der Waals surface area contributed by atoms with Crippen molar-refractivity contribution in [2.45, 2.75) is 13.5 Å². The number of H-pyrrole nitrogens is 1. The van der Waals surface area contributed by atoms with Crippen molar-refractivity contribution in [1.29, 1.82) is 0 Å². The van der Waals surface area contributed by atoms with Crippen LogP contribution in [0.5, 0.6) is 5.75 Å². The summed E-state index contributed by atoms with van der Waals surface area (Å²) in [6.07, 6.45) is 0.470. The molecule has 0 bridgehead atoms. The monoisotopic (exact) mass is 252 g/mol. The van der Waals surface area contributed by atoms with Crippen molar-refractivity contribution in [2.75, 3.05) is 0 Å². The number of carbonyl (C=O) groups is 1. The van der Waals surface area contributed by atoms with Crippen LogP contribution in [0.2, 0.25) is 0 Å². The van der Waals surface area contributed by atoms with Gasteiger partial charge in [-0.05, 0) is 25.1 Å². The van der Waals surface area contributed by atoms with Crippen molar-refractivity contribution in [3.63, 3.8) is 0 Å². The van der Waals surface area contributed by atoms with Gasteiger partial charge in [0.25, 0.3) is 0 Å². The van der Waals surface area contributed by atoms with Gasteiger partial charge in [0.2, 0.25) is 0 Å². The number of benzene rings is 1. The summed E-state index contributed by atoms with van der Waals surface area (Å²) < 4.78 is 28.7. The summed E-state index contributed by atoms with van der Waals surface area (Å²) in [7, 11) is 0. The van der Waals surface area contributed by atoms with Crippen molar-refractivity contribution >= 4 is 6.29 Å². The number of rotatable bonds is 4. The quantitative estimate of drug-likeness (QED) is 0.851. The van der Waals surface area contributed by atoms with E-state index in [-0.39, 0.29) is 11.3 Å². The van der Waals surface area contributed by atoms with E-state index in [2.05, 4.69) is 14.9 Å². The first-order valence-corrected chi connectivity index (χ1v) is 5.16. The van der Waals surface area contributed by atoms with E-state index in [1.54, 1.807) is 12.1 Å². The van der Waals surface area contributed by atoms with Crippen molar-refractivity contribution < 1.29 is 18.3 Å². The van der Waals surface area contributed by atoms with Crippen molar-refractivity contribution in [3.8, 4) is 17.0 Å². The smallest absolute Gasteiger partial charge is 0.387 e. The second-order valence-electron chi connectivity index (χ2n) is 3.69. The highest BCUT2D eigenvalue weighted by Crippen LogP contribution is 2.26. The minimum absolute atomic E-state index is 0.0753. The molecule has 6 heteroatoms. The van der Waals surface area contributed by atoms with Gasteiger partial charge in [-0.15, -0.1) is 0 Å². The van der Waals surface area contributed by atoms with Gasteiger partial charge in [0.05, 0.1) is 11.3 Å². The molecular formula is C12H10F2N2O2. The summed E-state index contributed by atoms with van der Waals surface area (Å²) in [5.74, 6) is -0.154. The predicted molar refractivity (Wildman–Crippen MR) is 60.8 cm³/mol. The third-order valence-electron chi connectivity index (χ3n) is 2.36.